The highest BCUT2D eigenvalue weighted by molar-refractivity contribution is 7.88. The van der Waals surface area contributed by atoms with Gasteiger partial charge in [0.05, 0.1) is 36.9 Å². The second-order valence-electron chi connectivity index (χ2n) is 9.00. The minimum absolute atomic E-state index is 0.0785. The van der Waals surface area contributed by atoms with Gasteiger partial charge in [-0.05, 0) is 49.7 Å². The Morgan fingerprint density at radius 3 is 2.52 bits per heavy atom. The molecule has 2 aromatic rings. The molecule has 2 atom stereocenters. The quantitative estimate of drug-likeness (QED) is 0.613. The van der Waals surface area contributed by atoms with Crippen LogP contribution in [0.4, 0.5) is 14.5 Å². The average molecular weight is 480 g/mol. The van der Waals surface area contributed by atoms with E-state index in [0.29, 0.717) is 24.6 Å². The van der Waals surface area contributed by atoms with Crippen LogP contribution in [0, 0.1) is 0 Å². The molecule has 180 valence electrons. The molecule has 0 spiro atoms. The first-order chi connectivity index (χ1) is 15.8. The first-order valence-electron chi connectivity index (χ1n) is 11.4. The molecule has 9 heteroatoms. The lowest BCUT2D eigenvalue weighted by Gasteiger charge is -2.34. The van der Waals surface area contributed by atoms with E-state index in [1.807, 2.05) is 11.0 Å². The van der Waals surface area contributed by atoms with Gasteiger partial charge in [-0.2, -0.15) is 0 Å². The molecule has 6 nitrogen and oxygen atoms in total. The number of rotatable bonds is 8. The zero-order chi connectivity index (χ0) is 23.4. The van der Waals surface area contributed by atoms with Gasteiger partial charge in [0.15, 0.2) is 0 Å². The lowest BCUT2D eigenvalue weighted by atomic mass is 9.83. The molecule has 33 heavy (non-hydrogen) atoms. The van der Waals surface area contributed by atoms with Crippen molar-refractivity contribution in [3.8, 4) is 0 Å². The number of nitrogens with zero attached hydrogens (tertiary/aromatic N) is 2. The van der Waals surface area contributed by atoms with Crippen LogP contribution in [0.5, 0.6) is 0 Å². The molecule has 0 radical (unpaired) electrons. The van der Waals surface area contributed by atoms with Gasteiger partial charge in [-0.1, -0.05) is 30.3 Å². The van der Waals surface area contributed by atoms with E-state index in [-0.39, 0.29) is 24.3 Å². The number of halogens is 2. The number of sulfonamides is 1. The summed E-state index contributed by atoms with van der Waals surface area (Å²) in [5.74, 6) is 0.526. The molecule has 1 aromatic heterocycles. The summed E-state index contributed by atoms with van der Waals surface area (Å²) in [5, 5.41) is 0. The zero-order valence-corrected chi connectivity index (χ0v) is 19.6. The minimum Gasteiger partial charge on any atom is -0.376 e. The SMILES string of the molecule is CS(=O)(=O)N[C@H]1CCN(c2cnccc2C(F)F)[C@H]1COC1CCC(c2ccccc2)CC1. The molecule has 4 rings (SSSR count). The Hall–Kier alpha value is -2.10. The minimum atomic E-state index is -3.45. The Labute approximate surface area is 194 Å². The molecule has 1 aliphatic carbocycles. The second-order valence-corrected chi connectivity index (χ2v) is 10.8. The molecule has 1 N–H and O–H groups in total. The van der Waals surface area contributed by atoms with Crippen LogP contribution in [0.3, 0.4) is 0 Å². The summed E-state index contributed by atoms with van der Waals surface area (Å²) in [4.78, 5) is 5.87. The molecule has 1 aliphatic heterocycles. The van der Waals surface area contributed by atoms with E-state index < -0.39 is 22.5 Å². The molecule has 0 unspecified atom stereocenters. The summed E-state index contributed by atoms with van der Waals surface area (Å²) in [6.07, 6.45) is 5.77. The van der Waals surface area contributed by atoms with Crippen molar-refractivity contribution >= 4 is 15.7 Å². The number of pyridine rings is 1. The Balaban J connectivity index is 1.44. The topological polar surface area (TPSA) is 71.5 Å². The number of nitrogens with one attached hydrogen (secondary N) is 1. The first-order valence-corrected chi connectivity index (χ1v) is 13.3. The molecule has 1 saturated heterocycles. The van der Waals surface area contributed by atoms with Crippen molar-refractivity contribution in [1.82, 2.24) is 9.71 Å². The van der Waals surface area contributed by atoms with Crippen molar-refractivity contribution in [3.63, 3.8) is 0 Å². The summed E-state index contributed by atoms with van der Waals surface area (Å²) in [6.45, 7) is 0.721. The predicted octanol–water partition coefficient (Wildman–Crippen LogP) is 4.26. The number of anilines is 1. The van der Waals surface area contributed by atoms with E-state index in [1.165, 1.54) is 24.0 Å². The maximum absolute atomic E-state index is 13.6. The number of hydrogen-bond acceptors (Lipinski definition) is 5. The maximum Gasteiger partial charge on any atom is 0.265 e. The van der Waals surface area contributed by atoms with E-state index in [2.05, 4.69) is 34.0 Å². The third-order valence-corrected chi connectivity index (χ3v) is 7.47. The van der Waals surface area contributed by atoms with Crippen LogP contribution < -0.4 is 9.62 Å². The predicted molar refractivity (Wildman–Crippen MR) is 124 cm³/mol. The Morgan fingerprint density at radius 1 is 1.12 bits per heavy atom. The number of hydrogen-bond donors (Lipinski definition) is 1. The summed E-state index contributed by atoms with van der Waals surface area (Å²) in [6, 6.07) is 11.0. The van der Waals surface area contributed by atoms with Gasteiger partial charge >= 0.3 is 0 Å². The fourth-order valence-electron chi connectivity index (χ4n) is 5.12. The Morgan fingerprint density at radius 2 is 1.85 bits per heavy atom. The van der Waals surface area contributed by atoms with E-state index in [1.54, 1.807) is 0 Å². The summed E-state index contributed by atoms with van der Waals surface area (Å²) in [7, 11) is -3.45. The van der Waals surface area contributed by atoms with E-state index in [0.717, 1.165) is 31.9 Å². The van der Waals surface area contributed by atoms with Gasteiger partial charge in [0.1, 0.15) is 0 Å². The monoisotopic (exact) mass is 479 g/mol. The van der Waals surface area contributed by atoms with Crippen LogP contribution in [0.25, 0.3) is 0 Å². The van der Waals surface area contributed by atoms with Gasteiger partial charge in [-0.25, -0.2) is 21.9 Å². The van der Waals surface area contributed by atoms with Gasteiger partial charge in [0.2, 0.25) is 10.0 Å². The third kappa shape index (κ3) is 6.07. The van der Waals surface area contributed by atoms with Crippen molar-refractivity contribution in [3.05, 3.63) is 59.9 Å². The molecule has 0 amide bonds. The normalized spacial score (nSPS) is 26.1. The smallest absolute Gasteiger partial charge is 0.265 e. The maximum atomic E-state index is 13.6. The van der Waals surface area contributed by atoms with Gasteiger partial charge < -0.3 is 9.64 Å². The first kappa shape index (κ1) is 24.0. The standard InChI is InChI=1S/C24H31F2N3O3S/c1-33(30,31)28-21-12-14-29(22-15-27-13-11-20(22)24(25)26)23(21)16-32-19-9-7-18(8-10-19)17-5-3-2-4-6-17/h2-6,11,13,15,18-19,21,23-24,28H,7-10,12,14,16H2,1H3/t18?,19?,21-,23-/m0/s1. The second kappa shape index (κ2) is 10.4. The molecule has 1 aromatic carbocycles. The number of alkyl halides is 2. The molecule has 1 saturated carbocycles. The molecular formula is C24H31F2N3O3S. The average Bonchev–Trinajstić information content (AvgIpc) is 3.19. The highest BCUT2D eigenvalue weighted by Crippen LogP contribution is 2.36. The van der Waals surface area contributed by atoms with Crippen LogP contribution in [-0.2, 0) is 14.8 Å². The van der Waals surface area contributed by atoms with Crippen LogP contribution in [0.2, 0.25) is 0 Å². The highest BCUT2D eigenvalue weighted by Gasteiger charge is 2.38. The molecular weight excluding hydrogens is 448 g/mol. The molecule has 0 bridgehead atoms. The van der Waals surface area contributed by atoms with Crippen molar-refractivity contribution in [2.45, 2.75) is 62.6 Å². The molecule has 2 heterocycles. The zero-order valence-electron chi connectivity index (χ0n) is 18.7. The third-order valence-electron chi connectivity index (χ3n) is 6.74. The summed E-state index contributed by atoms with van der Waals surface area (Å²) >= 11 is 0. The van der Waals surface area contributed by atoms with Crippen molar-refractivity contribution < 1.29 is 21.9 Å². The Kier molecular flexibility index (Phi) is 7.61. The van der Waals surface area contributed by atoms with E-state index in [9.17, 15) is 17.2 Å². The highest BCUT2D eigenvalue weighted by atomic mass is 32.2. The lowest BCUT2D eigenvalue weighted by Crippen LogP contribution is -2.48. The van der Waals surface area contributed by atoms with Crippen molar-refractivity contribution in [2.24, 2.45) is 0 Å². The van der Waals surface area contributed by atoms with Gasteiger partial charge in [-0.15, -0.1) is 0 Å². The largest absolute Gasteiger partial charge is 0.376 e. The fourth-order valence-corrected chi connectivity index (χ4v) is 5.94. The summed E-state index contributed by atoms with van der Waals surface area (Å²) in [5.41, 5.74) is 1.59. The van der Waals surface area contributed by atoms with E-state index >= 15 is 0 Å². The van der Waals surface area contributed by atoms with Crippen LogP contribution in [0.15, 0.2) is 48.8 Å². The lowest BCUT2D eigenvalue weighted by molar-refractivity contribution is 0.0156. The van der Waals surface area contributed by atoms with Crippen molar-refractivity contribution in [2.75, 3.05) is 24.3 Å². The van der Waals surface area contributed by atoms with Crippen LogP contribution >= 0.6 is 0 Å². The Bertz CT molecular complexity index is 1010. The van der Waals surface area contributed by atoms with E-state index in [4.69, 9.17) is 4.74 Å². The van der Waals surface area contributed by atoms with Crippen LogP contribution in [0.1, 0.15) is 55.6 Å². The molecule has 2 fully saturated rings. The van der Waals surface area contributed by atoms with Crippen LogP contribution in [-0.4, -0.2) is 51.0 Å². The fraction of sp³-hybridized carbons (Fsp3) is 0.542. The van der Waals surface area contributed by atoms with Gasteiger partial charge in [0.25, 0.3) is 6.43 Å². The number of aromatic nitrogens is 1. The van der Waals surface area contributed by atoms with Gasteiger partial charge in [-0.3, -0.25) is 4.98 Å². The number of benzene rings is 1. The molecule has 2 aliphatic rings. The summed E-state index contributed by atoms with van der Waals surface area (Å²) < 4.78 is 60.1. The van der Waals surface area contributed by atoms with Crippen molar-refractivity contribution in [1.29, 1.82) is 0 Å². The number of ether oxygens (including phenoxy) is 1. The van der Waals surface area contributed by atoms with Gasteiger partial charge in [0, 0.05) is 24.3 Å².